The molecule has 2 aliphatic rings. The SMILES string of the molecule is C=C/C=C(C(=O)N1C[C@H]2C[C@H]2[C@H]1CN)\C(Br)=C/C. The number of halogens is 1. The van der Waals surface area contributed by atoms with E-state index in [0.29, 0.717) is 24.0 Å². The molecule has 1 saturated carbocycles. The molecule has 98 valence electrons. The molecule has 2 fully saturated rings. The third-order valence-corrected chi connectivity index (χ3v) is 4.72. The Morgan fingerprint density at radius 3 is 2.89 bits per heavy atom. The van der Waals surface area contributed by atoms with Crippen LogP contribution in [0.4, 0.5) is 0 Å². The van der Waals surface area contributed by atoms with E-state index in [4.69, 9.17) is 5.73 Å². The van der Waals surface area contributed by atoms with E-state index >= 15 is 0 Å². The number of nitrogens with zero attached hydrogens (tertiary/aromatic N) is 1. The van der Waals surface area contributed by atoms with Crippen LogP contribution in [0.5, 0.6) is 0 Å². The summed E-state index contributed by atoms with van der Waals surface area (Å²) >= 11 is 3.43. The summed E-state index contributed by atoms with van der Waals surface area (Å²) in [6.07, 6.45) is 6.51. The zero-order valence-corrected chi connectivity index (χ0v) is 12.2. The number of rotatable bonds is 4. The Kier molecular flexibility index (Phi) is 4.07. The van der Waals surface area contributed by atoms with Gasteiger partial charge in [-0.05, 0) is 31.3 Å². The van der Waals surface area contributed by atoms with E-state index < -0.39 is 0 Å². The van der Waals surface area contributed by atoms with Crippen molar-refractivity contribution in [3.63, 3.8) is 0 Å². The second-order valence-electron chi connectivity index (χ2n) is 4.87. The minimum absolute atomic E-state index is 0.0579. The van der Waals surface area contributed by atoms with Crippen molar-refractivity contribution in [2.24, 2.45) is 17.6 Å². The lowest BCUT2D eigenvalue weighted by atomic mass is 10.1. The van der Waals surface area contributed by atoms with Gasteiger partial charge in [-0.1, -0.05) is 34.7 Å². The van der Waals surface area contributed by atoms with Gasteiger partial charge in [-0.25, -0.2) is 0 Å². The fraction of sp³-hybridized carbons (Fsp3) is 0.500. The molecule has 2 N–H and O–H groups in total. The van der Waals surface area contributed by atoms with Crippen LogP contribution in [0.1, 0.15) is 13.3 Å². The van der Waals surface area contributed by atoms with Crippen molar-refractivity contribution in [1.29, 1.82) is 0 Å². The van der Waals surface area contributed by atoms with Crippen LogP contribution >= 0.6 is 15.9 Å². The molecule has 18 heavy (non-hydrogen) atoms. The largest absolute Gasteiger partial charge is 0.334 e. The second kappa shape index (κ2) is 5.41. The number of carbonyl (C=O) groups is 1. The maximum absolute atomic E-state index is 12.6. The van der Waals surface area contributed by atoms with Gasteiger partial charge in [0, 0.05) is 23.6 Å². The Morgan fingerprint density at radius 1 is 1.61 bits per heavy atom. The van der Waals surface area contributed by atoms with Gasteiger partial charge in [-0.2, -0.15) is 0 Å². The van der Waals surface area contributed by atoms with Gasteiger partial charge in [-0.15, -0.1) is 0 Å². The van der Waals surface area contributed by atoms with Crippen LogP contribution < -0.4 is 5.73 Å². The van der Waals surface area contributed by atoms with Crippen LogP contribution in [-0.2, 0) is 4.79 Å². The molecular weight excluding hydrogens is 292 g/mol. The highest BCUT2D eigenvalue weighted by atomic mass is 79.9. The highest BCUT2D eigenvalue weighted by Gasteiger charge is 2.53. The normalized spacial score (nSPS) is 31.3. The molecule has 0 bridgehead atoms. The zero-order valence-electron chi connectivity index (χ0n) is 10.6. The average Bonchev–Trinajstić information content (AvgIpc) is 3.06. The smallest absolute Gasteiger partial charge is 0.255 e. The quantitative estimate of drug-likeness (QED) is 0.639. The minimum Gasteiger partial charge on any atom is -0.334 e. The fourth-order valence-corrected chi connectivity index (χ4v) is 3.09. The predicted octanol–water partition coefficient (Wildman–Crippen LogP) is 2.20. The Bertz CT molecular complexity index is 428. The van der Waals surface area contributed by atoms with Crippen molar-refractivity contribution < 1.29 is 4.79 Å². The maximum Gasteiger partial charge on any atom is 0.255 e. The average molecular weight is 311 g/mol. The number of nitrogens with two attached hydrogens (primary N) is 1. The molecule has 1 saturated heterocycles. The summed E-state index contributed by atoms with van der Waals surface area (Å²) in [5.41, 5.74) is 6.46. The minimum atomic E-state index is 0.0579. The standard InChI is InChI=1S/C14H19BrN2O/c1-3-5-10(12(15)4-2)14(18)17-8-9-6-11(9)13(17)7-16/h3-5,9,11,13H,1,6-8,16H2,2H3/b10-5+,12-4+/t9-,11-,13-/m1/s1. The molecule has 0 aromatic rings. The van der Waals surface area contributed by atoms with Crippen molar-refractivity contribution in [2.75, 3.05) is 13.1 Å². The molecule has 0 radical (unpaired) electrons. The summed E-state index contributed by atoms with van der Waals surface area (Å²) < 4.78 is 0.809. The molecule has 3 nitrogen and oxygen atoms in total. The van der Waals surface area contributed by atoms with Crippen molar-refractivity contribution in [3.05, 3.63) is 34.9 Å². The molecule has 1 aliphatic heterocycles. The van der Waals surface area contributed by atoms with Crippen molar-refractivity contribution in [2.45, 2.75) is 19.4 Å². The van der Waals surface area contributed by atoms with Crippen LogP contribution in [0, 0.1) is 11.8 Å². The van der Waals surface area contributed by atoms with Crippen molar-refractivity contribution in [1.82, 2.24) is 4.90 Å². The van der Waals surface area contributed by atoms with Gasteiger partial charge in [0.2, 0.25) is 0 Å². The van der Waals surface area contributed by atoms with Gasteiger partial charge in [0.25, 0.3) is 5.91 Å². The van der Waals surface area contributed by atoms with Gasteiger partial charge in [0.15, 0.2) is 0 Å². The molecule has 4 heteroatoms. The predicted molar refractivity (Wildman–Crippen MR) is 77.1 cm³/mol. The molecular formula is C14H19BrN2O. The number of likely N-dealkylation sites (tertiary alicyclic amines) is 1. The molecule has 2 rings (SSSR count). The summed E-state index contributed by atoms with van der Waals surface area (Å²) in [6, 6.07) is 0.216. The third-order valence-electron chi connectivity index (χ3n) is 3.83. The first-order chi connectivity index (χ1) is 8.63. The molecule has 3 atom stereocenters. The Labute approximate surface area is 117 Å². The first-order valence-corrected chi connectivity index (χ1v) is 7.09. The van der Waals surface area contributed by atoms with Crippen LogP contribution in [0.3, 0.4) is 0 Å². The number of amides is 1. The lowest BCUT2D eigenvalue weighted by Gasteiger charge is -2.27. The summed E-state index contributed by atoms with van der Waals surface area (Å²) in [6.45, 7) is 6.98. The lowest BCUT2D eigenvalue weighted by Crippen LogP contribution is -2.43. The summed E-state index contributed by atoms with van der Waals surface area (Å²) in [4.78, 5) is 14.5. The van der Waals surface area contributed by atoms with Crippen molar-refractivity contribution in [3.8, 4) is 0 Å². The molecule has 0 spiro atoms. The number of hydrogen-bond acceptors (Lipinski definition) is 2. The Morgan fingerprint density at radius 2 is 2.33 bits per heavy atom. The van der Waals surface area contributed by atoms with E-state index in [-0.39, 0.29) is 11.9 Å². The molecule has 0 aromatic carbocycles. The third kappa shape index (κ3) is 2.31. The van der Waals surface area contributed by atoms with Crippen molar-refractivity contribution >= 4 is 21.8 Å². The van der Waals surface area contributed by atoms with Crippen LogP contribution in [0.25, 0.3) is 0 Å². The zero-order chi connectivity index (χ0) is 13.3. The molecule has 0 unspecified atom stereocenters. The molecule has 1 aliphatic carbocycles. The monoisotopic (exact) mass is 310 g/mol. The lowest BCUT2D eigenvalue weighted by molar-refractivity contribution is -0.128. The molecule has 1 amide bonds. The van der Waals surface area contributed by atoms with Gasteiger partial charge < -0.3 is 10.6 Å². The summed E-state index contributed by atoms with van der Waals surface area (Å²) in [7, 11) is 0. The maximum atomic E-state index is 12.6. The van der Waals surface area contributed by atoms with E-state index in [1.54, 1.807) is 12.2 Å². The second-order valence-corrected chi connectivity index (χ2v) is 5.73. The van der Waals surface area contributed by atoms with E-state index in [1.165, 1.54) is 6.42 Å². The highest BCUT2D eigenvalue weighted by Crippen LogP contribution is 2.49. The van der Waals surface area contributed by atoms with E-state index in [0.717, 1.165) is 11.0 Å². The number of piperidine rings is 1. The van der Waals surface area contributed by atoms with E-state index in [9.17, 15) is 4.79 Å². The highest BCUT2D eigenvalue weighted by molar-refractivity contribution is 9.12. The first-order valence-electron chi connectivity index (χ1n) is 6.30. The topological polar surface area (TPSA) is 46.3 Å². The van der Waals surface area contributed by atoms with E-state index in [2.05, 4.69) is 22.5 Å². The van der Waals surface area contributed by atoms with Crippen LogP contribution in [0.2, 0.25) is 0 Å². The summed E-state index contributed by atoms with van der Waals surface area (Å²) in [5.74, 6) is 1.37. The first kappa shape index (κ1) is 13.6. The number of hydrogen-bond donors (Lipinski definition) is 1. The molecule has 1 heterocycles. The number of fused-ring (bicyclic) bond motifs is 1. The van der Waals surface area contributed by atoms with Crippen LogP contribution in [0.15, 0.2) is 34.9 Å². The van der Waals surface area contributed by atoms with Gasteiger partial charge in [0.1, 0.15) is 0 Å². The van der Waals surface area contributed by atoms with Crippen LogP contribution in [-0.4, -0.2) is 29.9 Å². The van der Waals surface area contributed by atoms with Gasteiger partial charge in [0.05, 0.1) is 5.57 Å². The summed E-state index contributed by atoms with van der Waals surface area (Å²) in [5, 5.41) is 0. The van der Waals surface area contributed by atoms with Gasteiger partial charge >= 0.3 is 0 Å². The number of allylic oxidation sites excluding steroid dienone is 3. The Balaban J connectivity index is 2.19. The van der Waals surface area contributed by atoms with Gasteiger partial charge in [-0.3, -0.25) is 4.79 Å². The van der Waals surface area contributed by atoms with E-state index in [1.807, 2.05) is 17.9 Å². The Hall–Kier alpha value is -0.870. The molecule has 0 aromatic heterocycles. The fourth-order valence-electron chi connectivity index (χ4n) is 2.79. The number of carbonyl (C=O) groups excluding carboxylic acids is 1.